The molecule has 0 aliphatic heterocycles. The van der Waals surface area contributed by atoms with Crippen LogP contribution >= 0.6 is 11.8 Å². The van der Waals surface area contributed by atoms with Gasteiger partial charge in [-0.2, -0.15) is 0 Å². The van der Waals surface area contributed by atoms with Crippen molar-refractivity contribution < 1.29 is 9.53 Å². The van der Waals surface area contributed by atoms with Gasteiger partial charge in [0.15, 0.2) is 0 Å². The van der Waals surface area contributed by atoms with Crippen molar-refractivity contribution in [2.75, 3.05) is 19.4 Å². The fourth-order valence-electron chi connectivity index (χ4n) is 1.71. The van der Waals surface area contributed by atoms with Gasteiger partial charge in [0.05, 0.1) is 7.11 Å². The quantitative estimate of drug-likeness (QED) is 0.616. The molecule has 0 spiro atoms. The van der Waals surface area contributed by atoms with Crippen LogP contribution in [0.2, 0.25) is 0 Å². The minimum Gasteiger partial charge on any atom is -0.468 e. The van der Waals surface area contributed by atoms with Crippen molar-refractivity contribution >= 4 is 17.7 Å². The van der Waals surface area contributed by atoms with E-state index in [1.807, 2.05) is 0 Å². The standard InChI is InChI=1S/C15H23NO2S/c1-5-8-16-13(15(17)18-4)10-19-14-9-11(2)6-7-12(14)3/h6-7,9,13,16H,5,8,10H2,1-4H3. The molecule has 19 heavy (non-hydrogen) atoms. The van der Waals surface area contributed by atoms with Gasteiger partial charge in [-0.1, -0.05) is 24.6 Å². The van der Waals surface area contributed by atoms with Crippen LogP contribution in [0.4, 0.5) is 0 Å². The molecule has 0 saturated heterocycles. The van der Waals surface area contributed by atoms with E-state index < -0.39 is 0 Å². The van der Waals surface area contributed by atoms with Gasteiger partial charge in [0.25, 0.3) is 0 Å². The second-order valence-corrected chi connectivity index (χ2v) is 5.67. The number of esters is 1. The van der Waals surface area contributed by atoms with Gasteiger partial charge in [-0.25, -0.2) is 0 Å². The molecular weight excluding hydrogens is 258 g/mol. The maximum Gasteiger partial charge on any atom is 0.323 e. The van der Waals surface area contributed by atoms with Crippen LogP contribution in [-0.2, 0) is 9.53 Å². The molecule has 106 valence electrons. The van der Waals surface area contributed by atoms with Gasteiger partial charge >= 0.3 is 5.97 Å². The number of aryl methyl sites for hydroxylation is 2. The summed E-state index contributed by atoms with van der Waals surface area (Å²) in [4.78, 5) is 12.9. The molecule has 0 radical (unpaired) electrons. The lowest BCUT2D eigenvalue weighted by Gasteiger charge is -2.16. The third kappa shape index (κ3) is 5.25. The van der Waals surface area contributed by atoms with E-state index in [-0.39, 0.29) is 12.0 Å². The number of ether oxygens (including phenoxy) is 1. The molecule has 0 aromatic heterocycles. The predicted octanol–water partition coefficient (Wildman–Crippen LogP) is 2.94. The van der Waals surface area contributed by atoms with E-state index in [1.54, 1.807) is 11.8 Å². The number of carbonyl (C=O) groups is 1. The van der Waals surface area contributed by atoms with Crippen molar-refractivity contribution in [2.45, 2.75) is 38.1 Å². The number of hydrogen-bond donors (Lipinski definition) is 1. The van der Waals surface area contributed by atoms with Gasteiger partial charge < -0.3 is 10.1 Å². The average Bonchev–Trinajstić information content (AvgIpc) is 2.41. The Hall–Kier alpha value is -1.00. The minimum atomic E-state index is -0.241. The van der Waals surface area contributed by atoms with Crippen LogP contribution in [0.3, 0.4) is 0 Å². The predicted molar refractivity (Wildman–Crippen MR) is 80.7 cm³/mol. The van der Waals surface area contributed by atoms with E-state index in [2.05, 4.69) is 44.3 Å². The summed E-state index contributed by atoms with van der Waals surface area (Å²) < 4.78 is 4.84. The van der Waals surface area contributed by atoms with Gasteiger partial charge in [0.2, 0.25) is 0 Å². The maximum absolute atomic E-state index is 11.7. The van der Waals surface area contributed by atoms with Crippen LogP contribution in [0.25, 0.3) is 0 Å². The smallest absolute Gasteiger partial charge is 0.323 e. The van der Waals surface area contributed by atoms with E-state index in [0.29, 0.717) is 5.75 Å². The maximum atomic E-state index is 11.7. The third-order valence-corrected chi connectivity index (χ3v) is 4.13. The summed E-state index contributed by atoms with van der Waals surface area (Å²) in [7, 11) is 1.44. The first-order valence-corrected chi connectivity index (χ1v) is 7.58. The fourth-order valence-corrected chi connectivity index (χ4v) is 2.87. The van der Waals surface area contributed by atoms with Crippen molar-refractivity contribution in [3.8, 4) is 0 Å². The molecule has 0 fully saturated rings. The lowest BCUT2D eigenvalue weighted by atomic mass is 10.2. The Bertz CT molecular complexity index is 421. The molecule has 0 aliphatic carbocycles. The highest BCUT2D eigenvalue weighted by Gasteiger charge is 2.18. The van der Waals surface area contributed by atoms with Gasteiger partial charge in [0.1, 0.15) is 6.04 Å². The molecule has 1 atom stereocenters. The molecular formula is C15H23NO2S. The number of methoxy groups -OCH3 is 1. The Morgan fingerprint density at radius 2 is 2.16 bits per heavy atom. The SMILES string of the molecule is CCCNC(CSc1cc(C)ccc1C)C(=O)OC. The molecule has 1 rings (SSSR count). The highest BCUT2D eigenvalue weighted by Crippen LogP contribution is 2.24. The van der Waals surface area contributed by atoms with E-state index in [1.165, 1.54) is 23.1 Å². The number of rotatable bonds is 7. The molecule has 0 amide bonds. The van der Waals surface area contributed by atoms with Gasteiger partial charge in [0, 0.05) is 10.6 Å². The number of thioether (sulfide) groups is 1. The Morgan fingerprint density at radius 3 is 2.79 bits per heavy atom. The van der Waals surface area contributed by atoms with Crippen LogP contribution in [0.5, 0.6) is 0 Å². The normalized spacial score (nSPS) is 12.2. The molecule has 4 heteroatoms. The minimum absolute atomic E-state index is 0.189. The van der Waals surface area contributed by atoms with E-state index in [4.69, 9.17) is 4.74 Å². The third-order valence-electron chi connectivity index (χ3n) is 2.88. The number of carbonyl (C=O) groups excluding carboxylic acids is 1. The van der Waals surface area contributed by atoms with E-state index in [0.717, 1.165) is 13.0 Å². The fraction of sp³-hybridized carbons (Fsp3) is 0.533. The summed E-state index contributed by atoms with van der Waals surface area (Å²) in [5, 5.41) is 3.23. The second-order valence-electron chi connectivity index (χ2n) is 4.61. The summed E-state index contributed by atoms with van der Waals surface area (Å²) in [5.41, 5.74) is 2.49. The Labute approximate surface area is 120 Å². The van der Waals surface area contributed by atoms with Crippen LogP contribution in [-0.4, -0.2) is 31.4 Å². The largest absolute Gasteiger partial charge is 0.468 e. The number of nitrogens with one attached hydrogen (secondary N) is 1. The van der Waals surface area contributed by atoms with Crippen molar-refractivity contribution in [2.24, 2.45) is 0 Å². The molecule has 1 aromatic rings. The van der Waals surface area contributed by atoms with Gasteiger partial charge in [-0.3, -0.25) is 4.79 Å². The number of benzene rings is 1. The monoisotopic (exact) mass is 281 g/mol. The lowest BCUT2D eigenvalue weighted by molar-refractivity contribution is -0.142. The van der Waals surface area contributed by atoms with E-state index in [9.17, 15) is 4.79 Å². The first kappa shape index (κ1) is 16.1. The van der Waals surface area contributed by atoms with Crippen molar-refractivity contribution in [3.63, 3.8) is 0 Å². The first-order chi connectivity index (χ1) is 9.08. The lowest BCUT2D eigenvalue weighted by Crippen LogP contribution is -2.40. The van der Waals surface area contributed by atoms with Crippen LogP contribution in [0, 0.1) is 13.8 Å². The molecule has 0 heterocycles. The number of hydrogen-bond acceptors (Lipinski definition) is 4. The van der Waals surface area contributed by atoms with Crippen LogP contribution in [0.15, 0.2) is 23.1 Å². The summed E-state index contributed by atoms with van der Waals surface area (Å²) in [6, 6.07) is 6.14. The topological polar surface area (TPSA) is 38.3 Å². The highest BCUT2D eigenvalue weighted by molar-refractivity contribution is 7.99. The summed E-state index contributed by atoms with van der Waals surface area (Å²) in [6.45, 7) is 7.08. The van der Waals surface area contributed by atoms with E-state index >= 15 is 0 Å². The van der Waals surface area contributed by atoms with Crippen molar-refractivity contribution in [1.82, 2.24) is 5.32 Å². The van der Waals surface area contributed by atoms with Crippen LogP contribution in [0.1, 0.15) is 24.5 Å². The molecule has 1 aromatic carbocycles. The van der Waals surface area contributed by atoms with Gasteiger partial charge in [-0.05, 0) is 38.4 Å². The molecule has 3 nitrogen and oxygen atoms in total. The Balaban J connectivity index is 2.64. The first-order valence-electron chi connectivity index (χ1n) is 6.59. The highest BCUT2D eigenvalue weighted by atomic mass is 32.2. The summed E-state index contributed by atoms with van der Waals surface area (Å²) in [6.07, 6.45) is 1.00. The summed E-state index contributed by atoms with van der Waals surface area (Å²) >= 11 is 1.70. The zero-order chi connectivity index (χ0) is 14.3. The molecule has 0 saturated carbocycles. The van der Waals surface area contributed by atoms with Crippen molar-refractivity contribution in [3.05, 3.63) is 29.3 Å². The Morgan fingerprint density at radius 1 is 1.42 bits per heavy atom. The summed E-state index contributed by atoms with van der Waals surface area (Å²) in [5.74, 6) is 0.503. The molecule has 0 bridgehead atoms. The van der Waals surface area contributed by atoms with Crippen LogP contribution < -0.4 is 5.32 Å². The average molecular weight is 281 g/mol. The van der Waals surface area contributed by atoms with Crippen molar-refractivity contribution in [1.29, 1.82) is 0 Å². The molecule has 0 aliphatic rings. The Kier molecular flexibility index (Phi) is 6.95. The zero-order valence-electron chi connectivity index (χ0n) is 12.2. The van der Waals surface area contributed by atoms with Gasteiger partial charge in [-0.15, -0.1) is 11.8 Å². The zero-order valence-corrected chi connectivity index (χ0v) is 13.0. The molecule has 1 unspecified atom stereocenters. The second kappa shape index (κ2) is 8.23. The molecule has 1 N–H and O–H groups in total.